The lowest BCUT2D eigenvalue weighted by Gasteiger charge is -2.64. The number of fused-ring (bicyclic) bond motifs is 5. The van der Waals surface area contributed by atoms with E-state index in [-0.39, 0.29) is 11.3 Å². The van der Waals surface area contributed by atoms with E-state index in [1.807, 2.05) is 24.8 Å². The molecule has 4 aliphatic rings. The Bertz CT molecular complexity index is 992. The van der Waals surface area contributed by atoms with Crippen molar-refractivity contribution in [3.05, 3.63) is 42.9 Å². The molecule has 4 fully saturated rings. The fourth-order valence-corrected chi connectivity index (χ4v) is 9.06. The highest BCUT2D eigenvalue weighted by Gasteiger charge is 2.72. The quantitative estimate of drug-likeness (QED) is 0.652. The van der Waals surface area contributed by atoms with Gasteiger partial charge in [-0.15, -0.1) is 0 Å². The van der Waals surface area contributed by atoms with E-state index in [1.54, 1.807) is 12.5 Å². The van der Waals surface area contributed by atoms with Crippen LogP contribution < -0.4 is 0 Å². The number of rotatable bonds is 5. The van der Waals surface area contributed by atoms with Gasteiger partial charge < -0.3 is 23.9 Å². The SMILES string of the molecule is C[C@]12CCC3C(CC[C@@H]4C[C@@H](OCCn5ccnc5)CC[C@]34C)[C@@]1(O)CC[C@]2(O)c1ccoc1. The Balaban J connectivity index is 1.18. The van der Waals surface area contributed by atoms with E-state index in [0.717, 1.165) is 57.2 Å². The number of aromatic nitrogens is 2. The number of hydrogen-bond donors (Lipinski definition) is 2. The Labute approximate surface area is 202 Å². The van der Waals surface area contributed by atoms with Crippen LogP contribution in [0.15, 0.2) is 41.7 Å². The molecule has 6 rings (SSSR count). The van der Waals surface area contributed by atoms with Crippen LogP contribution in [0.5, 0.6) is 0 Å². The molecule has 2 unspecified atom stereocenters. The maximum Gasteiger partial charge on any atom is 0.101 e. The van der Waals surface area contributed by atoms with Gasteiger partial charge in [0, 0.05) is 29.9 Å². The summed E-state index contributed by atoms with van der Waals surface area (Å²) in [6, 6.07) is 1.88. The molecular formula is C28H40N2O4. The predicted molar refractivity (Wildman–Crippen MR) is 128 cm³/mol. The lowest BCUT2D eigenvalue weighted by Crippen LogP contribution is -2.64. The molecule has 4 aliphatic carbocycles. The van der Waals surface area contributed by atoms with Gasteiger partial charge in [-0.1, -0.05) is 13.8 Å². The third-order valence-electron chi connectivity index (χ3n) is 11.2. The number of furan rings is 1. The second-order valence-electron chi connectivity index (χ2n) is 12.2. The number of ether oxygens (including phenoxy) is 1. The molecule has 8 atom stereocenters. The molecule has 2 heterocycles. The van der Waals surface area contributed by atoms with Crippen LogP contribution in [0.4, 0.5) is 0 Å². The van der Waals surface area contributed by atoms with Gasteiger partial charge in [0.1, 0.15) is 5.60 Å². The van der Waals surface area contributed by atoms with Gasteiger partial charge in [-0.3, -0.25) is 0 Å². The van der Waals surface area contributed by atoms with Crippen molar-refractivity contribution < 1.29 is 19.4 Å². The van der Waals surface area contributed by atoms with Crippen LogP contribution in [-0.4, -0.2) is 38.1 Å². The molecule has 6 heteroatoms. The smallest absolute Gasteiger partial charge is 0.101 e. The topological polar surface area (TPSA) is 80.7 Å². The Morgan fingerprint density at radius 1 is 1.09 bits per heavy atom. The van der Waals surface area contributed by atoms with Crippen LogP contribution in [0.3, 0.4) is 0 Å². The maximum absolute atomic E-state index is 12.3. The Hall–Kier alpha value is -1.63. The van der Waals surface area contributed by atoms with Crippen molar-refractivity contribution in [3.8, 4) is 0 Å². The van der Waals surface area contributed by atoms with E-state index in [2.05, 4.69) is 23.4 Å². The summed E-state index contributed by atoms with van der Waals surface area (Å²) >= 11 is 0. The third-order valence-corrected chi connectivity index (χ3v) is 11.2. The van der Waals surface area contributed by atoms with Crippen molar-refractivity contribution >= 4 is 0 Å². The fraction of sp³-hybridized carbons (Fsp3) is 0.750. The summed E-state index contributed by atoms with van der Waals surface area (Å²) in [6.45, 7) is 6.23. The first-order valence-electron chi connectivity index (χ1n) is 13.3. The Morgan fingerprint density at radius 2 is 1.97 bits per heavy atom. The van der Waals surface area contributed by atoms with Crippen molar-refractivity contribution in [2.75, 3.05) is 6.61 Å². The number of nitrogens with zero attached hydrogens (tertiary/aromatic N) is 2. The average molecular weight is 469 g/mol. The zero-order valence-corrected chi connectivity index (χ0v) is 20.7. The van der Waals surface area contributed by atoms with E-state index in [0.29, 0.717) is 30.8 Å². The molecule has 0 amide bonds. The van der Waals surface area contributed by atoms with Gasteiger partial charge >= 0.3 is 0 Å². The number of hydrogen-bond acceptors (Lipinski definition) is 5. The first-order valence-corrected chi connectivity index (χ1v) is 13.3. The molecule has 0 saturated heterocycles. The molecule has 2 aromatic rings. The summed E-state index contributed by atoms with van der Waals surface area (Å²) in [5.41, 5.74) is -1.30. The predicted octanol–water partition coefficient (Wildman–Crippen LogP) is 4.91. The van der Waals surface area contributed by atoms with Crippen molar-refractivity contribution in [3.63, 3.8) is 0 Å². The van der Waals surface area contributed by atoms with Crippen molar-refractivity contribution in [1.29, 1.82) is 0 Å². The Morgan fingerprint density at radius 3 is 2.74 bits per heavy atom. The molecule has 0 aliphatic heterocycles. The van der Waals surface area contributed by atoms with Crippen LogP contribution in [0.2, 0.25) is 0 Å². The van der Waals surface area contributed by atoms with E-state index >= 15 is 0 Å². The fourth-order valence-electron chi connectivity index (χ4n) is 9.06. The van der Waals surface area contributed by atoms with Gasteiger partial charge in [0.05, 0.1) is 37.2 Å². The zero-order valence-electron chi connectivity index (χ0n) is 20.7. The highest BCUT2D eigenvalue weighted by atomic mass is 16.5. The summed E-state index contributed by atoms with van der Waals surface area (Å²) in [7, 11) is 0. The monoisotopic (exact) mass is 468 g/mol. The number of imidazole rings is 1. The molecule has 0 spiro atoms. The summed E-state index contributed by atoms with van der Waals surface area (Å²) < 4.78 is 13.7. The number of aliphatic hydroxyl groups is 2. The normalized spacial score (nSPS) is 46.0. The van der Waals surface area contributed by atoms with Crippen LogP contribution in [0.1, 0.15) is 77.2 Å². The van der Waals surface area contributed by atoms with E-state index in [4.69, 9.17) is 9.15 Å². The van der Waals surface area contributed by atoms with Crippen LogP contribution in [0, 0.1) is 28.6 Å². The standard InChI is InChI=1S/C28H40N2O4/c1-25-8-5-22(34-16-14-30-13-12-29-19-30)17-20(25)3-4-24-23(25)6-9-26(2)27(31,10-11-28(24,26)32)21-7-15-33-18-21/h7,12-13,15,18-20,22-24,31-32H,3-6,8-11,14,16-17H2,1-2H3/t20-,22+,23?,24?,25+,26-,27+,28+/m1/s1. The van der Waals surface area contributed by atoms with E-state index in [1.165, 1.54) is 6.42 Å². The van der Waals surface area contributed by atoms with E-state index < -0.39 is 16.6 Å². The molecular weight excluding hydrogens is 428 g/mol. The highest BCUT2D eigenvalue weighted by molar-refractivity contribution is 5.30. The maximum atomic E-state index is 12.3. The summed E-state index contributed by atoms with van der Waals surface area (Å²) in [5, 5.41) is 24.2. The summed E-state index contributed by atoms with van der Waals surface area (Å²) in [5.74, 6) is 1.43. The average Bonchev–Trinajstić information content (AvgIpc) is 3.57. The van der Waals surface area contributed by atoms with Gasteiger partial charge in [-0.2, -0.15) is 0 Å². The lowest BCUT2D eigenvalue weighted by molar-refractivity contribution is -0.239. The van der Waals surface area contributed by atoms with Gasteiger partial charge in [0.2, 0.25) is 0 Å². The minimum absolute atomic E-state index is 0.251. The van der Waals surface area contributed by atoms with Crippen molar-refractivity contribution in [1.82, 2.24) is 9.55 Å². The van der Waals surface area contributed by atoms with Crippen LogP contribution >= 0.6 is 0 Å². The third kappa shape index (κ3) is 3.07. The molecule has 4 saturated carbocycles. The molecule has 2 N–H and O–H groups in total. The molecule has 0 aromatic carbocycles. The lowest BCUT2D eigenvalue weighted by atomic mass is 9.43. The van der Waals surface area contributed by atoms with Crippen molar-refractivity contribution in [2.45, 2.75) is 95.5 Å². The second kappa shape index (κ2) is 7.94. The zero-order chi connectivity index (χ0) is 23.6. The van der Waals surface area contributed by atoms with Crippen LogP contribution in [0.25, 0.3) is 0 Å². The van der Waals surface area contributed by atoms with Crippen LogP contribution in [-0.2, 0) is 16.9 Å². The minimum Gasteiger partial charge on any atom is -0.472 e. The summed E-state index contributed by atoms with van der Waals surface area (Å²) in [6.07, 6.45) is 18.2. The minimum atomic E-state index is -1.02. The largest absolute Gasteiger partial charge is 0.472 e. The molecule has 2 aromatic heterocycles. The molecule has 0 bridgehead atoms. The van der Waals surface area contributed by atoms with Gasteiger partial charge in [0.25, 0.3) is 0 Å². The van der Waals surface area contributed by atoms with Gasteiger partial charge in [-0.05, 0) is 87.0 Å². The van der Waals surface area contributed by atoms with E-state index in [9.17, 15) is 10.2 Å². The first kappa shape index (κ1) is 22.8. The second-order valence-corrected chi connectivity index (χ2v) is 12.2. The Kier molecular flexibility index (Phi) is 5.33. The molecule has 186 valence electrons. The molecule has 6 nitrogen and oxygen atoms in total. The highest BCUT2D eigenvalue weighted by Crippen LogP contribution is 2.71. The molecule has 0 radical (unpaired) electrons. The van der Waals surface area contributed by atoms with Crippen molar-refractivity contribution in [2.24, 2.45) is 28.6 Å². The first-order chi connectivity index (χ1) is 16.3. The molecule has 34 heavy (non-hydrogen) atoms. The summed E-state index contributed by atoms with van der Waals surface area (Å²) in [4.78, 5) is 4.11. The van der Waals surface area contributed by atoms with Gasteiger partial charge in [0.15, 0.2) is 0 Å². The van der Waals surface area contributed by atoms with Gasteiger partial charge in [-0.25, -0.2) is 4.98 Å².